The Morgan fingerprint density at radius 1 is 1.30 bits per heavy atom. The summed E-state index contributed by atoms with van der Waals surface area (Å²) in [6.45, 7) is 5.25. The molecular formula is C16H24ClNO2. The molecule has 4 heteroatoms. The molecular weight excluding hydrogens is 274 g/mol. The van der Waals surface area contributed by atoms with Crippen molar-refractivity contribution in [1.29, 1.82) is 0 Å². The maximum atomic E-state index is 11.1. The zero-order chi connectivity index (χ0) is 15.0. The number of aliphatic carboxylic acids is 1. The summed E-state index contributed by atoms with van der Waals surface area (Å²) in [5.41, 5.74) is 0.929. The first-order valence-electron chi connectivity index (χ1n) is 7.28. The minimum atomic E-state index is -0.768. The molecule has 1 unspecified atom stereocenters. The third-order valence-corrected chi connectivity index (χ3v) is 3.71. The highest BCUT2D eigenvalue weighted by Gasteiger charge is 2.17. The first-order chi connectivity index (χ1) is 9.56. The predicted octanol–water partition coefficient (Wildman–Crippen LogP) is 4.45. The van der Waals surface area contributed by atoms with E-state index in [4.69, 9.17) is 16.7 Å². The third kappa shape index (κ3) is 5.41. The van der Waals surface area contributed by atoms with E-state index in [0.29, 0.717) is 11.6 Å². The Morgan fingerprint density at radius 2 is 2.00 bits per heavy atom. The topological polar surface area (TPSA) is 40.5 Å². The fourth-order valence-corrected chi connectivity index (χ4v) is 2.41. The van der Waals surface area contributed by atoms with Crippen molar-refractivity contribution in [3.63, 3.8) is 0 Å². The maximum absolute atomic E-state index is 11.1. The summed E-state index contributed by atoms with van der Waals surface area (Å²) < 4.78 is 0. The SMILES string of the molecule is CCCCCCN(CC(C)C(=O)O)c1ccccc1Cl. The second-order valence-corrected chi connectivity index (χ2v) is 5.60. The lowest BCUT2D eigenvalue weighted by Crippen LogP contribution is -2.32. The average molecular weight is 298 g/mol. The number of carboxylic acid groups (broad SMARTS) is 1. The van der Waals surface area contributed by atoms with Crippen molar-refractivity contribution >= 4 is 23.3 Å². The van der Waals surface area contributed by atoms with Crippen molar-refractivity contribution < 1.29 is 9.90 Å². The van der Waals surface area contributed by atoms with Crippen LogP contribution in [0, 0.1) is 5.92 Å². The molecule has 0 amide bonds. The molecule has 1 aromatic carbocycles. The zero-order valence-electron chi connectivity index (χ0n) is 12.3. The highest BCUT2D eigenvalue weighted by Crippen LogP contribution is 2.26. The van der Waals surface area contributed by atoms with E-state index in [2.05, 4.69) is 11.8 Å². The summed E-state index contributed by atoms with van der Waals surface area (Å²) >= 11 is 6.23. The molecule has 0 saturated heterocycles. The molecule has 112 valence electrons. The van der Waals surface area contributed by atoms with E-state index in [1.807, 2.05) is 24.3 Å². The molecule has 3 nitrogen and oxygen atoms in total. The van der Waals surface area contributed by atoms with Crippen LogP contribution in [-0.2, 0) is 4.79 Å². The Morgan fingerprint density at radius 3 is 2.60 bits per heavy atom. The number of halogens is 1. The number of hydrogen-bond donors (Lipinski definition) is 1. The van der Waals surface area contributed by atoms with Gasteiger partial charge in [0.1, 0.15) is 0 Å². The van der Waals surface area contributed by atoms with Gasteiger partial charge in [0.15, 0.2) is 0 Å². The Kier molecular flexibility index (Phi) is 7.45. The van der Waals surface area contributed by atoms with Crippen LogP contribution in [0.5, 0.6) is 0 Å². The molecule has 0 radical (unpaired) electrons. The smallest absolute Gasteiger partial charge is 0.308 e. The number of carbonyl (C=O) groups is 1. The van der Waals surface area contributed by atoms with Crippen LogP contribution in [0.4, 0.5) is 5.69 Å². The highest BCUT2D eigenvalue weighted by molar-refractivity contribution is 6.33. The van der Waals surface area contributed by atoms with E-state index in [-0.39, 0.29) is 0 Å². The molecule has 0 saturated carbocycles. The molecule has 0 bridgehead atoms. The van der Waals surface area contributed by atoms with Crippen LogP contribution in [0.25, 0.3) is 0 Å². The molecule has 20 heavy (non-hydrogen) atoms. The first kappa shape index (κ1) is 16.8. The van der Waals surface area contributed by atoms with E-state index in [0.717, 1.165) is 18.7 Å². The molecule has 1 aromatic rings. The van der Waals surface area contributed by atoms with Gasteiger partial charge in [0, 0.05) is 13.1 Å². The van der Waals surface area contributed by atoms with Crippen molar-refractivity contribution in [1.82, 2.24) is 0 Å². The van der Waals surface area contributed by atoms with Gasteiger partial charge < -0.3 is 10.0 Å². The standard InChI is InChI=1S/C16H24ClNO2/c1-3-4-5-8-11-18(12-13(2)16(19)20)15-10-7-6-9-14(15)17/h6-7,9-10,13H,3-5,8,11-12H2,1-2H3,(H,19,20). The van der Waals surface area contributed by atoms with Crippen molar-refractivity contribution in [2.24, 2.45) is 5.92 Å². The number of rotatable bonds is 9. The van der Waals surface area contributed by atoms with Crippen LogP contribution in [0.15, 0.2) is 24.3 Å². The molecule has 0 aliphatic heterocycles. The minimum absolute atomic E-state index is 0.405. The van der Waals surface area contributed by atoms with Crippen molar-refractivity contribution in [3.8, 4) is 0 Å². The van der Waals surface area contributed by atoms with Crippen molar-refractivity contribution in [2.45, 2.75) is 39.5 Å². The summed E-state index contributed by atoms with van der Waals surface area (Å²) in [4.78, 5) is 13.2. The number of carboxylic acids is 1. The molecule has 0 aromatic heterocycles. The van der Waals surface area contributed by atoms with Gasteiger partial charge in [-0.2, -0.15) is 0 Å². The monoisotopic (exact) mass is 297 g/mol. The Balaban J connectivity index is 2.73. The fourth-order valence-electron chi connectivity index (χ4n) is 2.16. The summed E-state index contributed by atoms with van der Waals surface area (Å²) in [6.07, 6.45) is 4.63. The second-order valence-electron chi connectivity index (χ2n) is 5.20. The van der Waals surface area contributed by atoms with E-state index in [1.165, 1.54) is 19.3 Å². The van der Waals surface area contributed by atoms with Crippen molar-refractivity contribution in [2.75, 3.05) is 18.0 Å². The third-order valence-electron chi connectivity index (χ3n) is 3.39. The maximum Gasteiger partial charge on any atom is 0.308 e. The zero-order valence-corrected chi connectivity index (χ0v) is 13.1. The van der Waals surface area contributed by atoms with E-state index < -0.39 is 11.9 Å². The molecule has 0 heterocycles. The van der Waals surface area contributed by atoms with Gasteiger partial charge >= 0.3 is 5.97 Å². The normalized spacial score (nSPS) is 12.2. The Hall–Kier alpha value is -1.22. The van der Waals surface area contributed by atoms with E-state index >= 15 is 0 Å². The lowest BCUT2D eigenvalue weighted by Gasteiger charge is -2.27. The van der Waals surface area contributed by atoms with E-state index in [9.17, 15) is 4.79 Å². The van der Waals surface area contributed by atoms with Crippen LogP contribution < -0.4 is 4.90 Å². The number of hydrogen-bond acceptors (Lipinski definition) is 2. The van der Waals surface area contributed by atoms with Gasteiger partial charge in [-0.1, -0.05) is 56.8 Å². The highest BCUT2D eigenvalue weighted by atomic mass is 35.5. The van der Waals surface area contributed by atoms with Gasteiger partial charge in [-0.25, -0.2) is 0 Å². The molecule has 0 spiro atoms. The summed E-state index contributed by atoms with van der Waals surface area (Å²) in [5.74, 6) is -1.17. The minimum Gasteiger partial charge on any atom is -0.481 e. The van der Waals surface area contributed by atoms with Crippen molar-refractivity contribution in [3.05, 3.63) is 29.3 Å². The lowest BCUT2D eigenvalue weighted by atomic mass is 10.1. The van der Waals surface area contributed by atoms with Gasteiger partial charge in [-0.05, 0) is 18.6 Å². The lowest BCUT2D eigenvalue weighted by molar-refractivity contribution is -0.140. The average Bonchev–Trinajstić information content (AvgIpc) is 2.42. The fraction of sp³-hybridized carbons (Fsp3) is 0.562. The summed E-state index contributed by atoms with van der Waals surface area (Å²) in [5, 5.41) is 9.78. The van der Waals surface area contributed by atoms with Gasteiger partial charge in [0.25, 0.3) is 0 Å². The van der Waals surface area contributed by atoms with E-state index in [1.54, 1.807) is 6.92 Å². The Labute approximate surface area is 126 Å². The van der Waals surface area contributed by atoms with Gasteiger partial charge in [-0.15, -0.1) is 0 Å². The number of para-hydroxylation sites is 1. The van der Waals surface area contributed by atoms with Gasteiger partial charge in [0.2, 0.25) is 0 Å². The molecule has 0 aliphatic rings. The summed E-state index contributed by atoms with van der Waals surface area (Å²) in [6, 6.07) is 7.63. The predicted molar refractivity (Wildman–Crippen MR) is 84.6 cm³/mol. The molecule has 0 fully saturated rings. The first-order valence-corrected chi connectivity index (χ1v) is 7.66. The van der Waals surface area contributed by atoms with Crippen LogP contribution in [0.2, 0.25) is 5.02 Å². The Bertz CT molecular complexity index is 423. The van der Waals surface area contributed by atoms with Crippen LogP contribution in [-0.4, -0.2) is 24.2 Å². The van der Waals surface area contributed by atoms with Gasteiger partial charge in [-0.3, -0.25) is 4.79 Å². The summed E-state index contributed by atoms with van der Waals surface area (Å²) in [7, 11) is 0. The van der Waals surface area contributed by atoms with Crippen LogP contribution >= 0.6 is 11.6 Å². The molecule has 1 N–H and O–H groups in total. The number of anilines is 1. The van der Waals surface area contributed by atoms with Crippen LogP contribution in [0.1, 0.15) is 39.5 Å². The quantitative estimate of drug-likeness (QED) is 0.685. The number of benzene rings is 1. The number of nitrogens with zero attached hydrogens (tertiary/aromatic N) is 1. The number of unbranched alkanes of at least 4 members (excludes halogenated alkanes) is 3. The van der Waals surface area contributed by atoms with Crippen LogP contribution in [0.3, 0.4) is 0 Å². The van der Waals surface area contributed by atoms with Gasteiger partial charge in [0.05, 0.1) is 16.6 Å². The molecule has 1 rings (SSSR count). The molecule has 1 atom stereocenters. The molecule has 0 aliphatic carbocycles. The largest absolute Gasteiger partial charge is 0.481 e. The second kappa shape index (κ2) is 8.85.